The van der Waals surface area contributed by atoms with Crippen LogP contribution in [0.3, 0.4) is 0 Å². The molecule has 2 aliphatic carbocycles. The highest BCUT2D eigenvalue weighted by Crippen LogP contribution is 2.30. The number of hydrogen-bond acceptors (Lipinski definition) is 3. The van der Waals surface area contributed by atoms with E-state index in [0.29, 0.717) is 24.1 Å². The Morgan fingerprint density at radius 1 is 0.885 bits per heavy atom. The molecule has 2 fully saturated rings. The van der Waals surface area contributed by atoms with Crippen molar-refractivity contribution in [3.63, 3.8) is 0 Å². The smallest absolute Gasteiger partial charge is 0.308 e. The first-order valence-electron chi connectivity index (χ1n) is 9.49. The third-order valence-electron chi connectivity index (χ3n) is 5.26. The van der Waals surface area contributed by atoms with Crippen molar-refractivity contribution in [3.8, 4) is 0 Å². The van der Waals surface area contributed by atoms with Crippen LogP contribution in [0, 0.1) is 11.8 Å². The zero-order chi connectivity index (χ0) is 18.5. The van der Waals surface area contributed by atoms with E-state index in [9.17, 15) is 19.5 Å². The molecule has 6 heteroatoms. The number of hydrogen-bond donors (Lipinski definition) is 3. The highest BCUT2D eigenvalue weighted by Gasteiger charge is 2.31. The minimum atomic E-state index is -0.838. The largest absolute Gasteiger partial charge is 0.481 e. The van der Waals surface area contributed by atoms with Crippen LogP contribution in [0.4, 0.5) is 5.69 Å². The van der Waals surface area contributed by atoms with Crippen molar-refractivity contribution in [2.75, 3.05) is 5.32 Å². The van der Waals surface area contributed by atoms with Gasteiger partial charge in [-0.2, -0.15) is 0 Å². The summed E-state index contributed by atoms with van der Waals surface area (Å²) < 4.78 is 0. The average molecular weight is 358 g/mol. The number of carbonyl (C=O) groups excluding carboxylic acids is 2. The van der Waals surface area contributed by atoms with Crippen molar-refractivity contribution in [2.24, 2.45) is 11.8 Å². The van der Waals surface area contributed by atoms with E-state index in [2.05, 4.69) is 10.6 Å². The van der Waals surface area contributed by atoms with E-state index in [-0.39, 0.29) is 23.8 Å². The van der Waals surface area contributed by atoms with Crippen LogP contribution >= 0.6 is 0 Å². The second-order valence-corrected chi connectivity index (χ2v) is 7.36. The number of anilines is 1. The van der Waals surface area contributed by atoms with E-state index in [0.717, 1.165) is 38.5 Å². The van der Waals surface area contributed by atoms with Gasteiger partial charge in [-0.3, -0.25) is 14.4 Å². The second-order valence-electron chi connectivity index (χ2n) is 7.36. The summed E-state index contributed by atoms with van der Waals surface area (Å²) in [4.78, 5) is 35.9. The average Bonchev–Trinajstić information content (AvgIpc) is 3.42. The van der Waals surface area contributed by atoms with Crippen molar-refractivity contribution in [3.05, 3.63) is 29.8 Å². The van der Waals surface area contributed by atoms with Gasteiger partial charge in [0.05, 0.1) is 5.92 Å². The highest BCUT2D eigenvalue weighted by molar-refractivity contribution is 5.97. The number of rotatable bonds is 5. The lowest BCUT2D eigenvalue weighted by Crippen LogP contribution is -2.43. The molecule has 1 aromatic rings. The summed E-state index contributed by atoms with van der Waals surface area (Å²) in [6.45, 7) is 0. The third-order valence-corrected chi connectivity index (χ3v) is 5.26. The maximum atomic E-state index is 12.5. The molecule has 0 saturated heterocycles. The fourth-order valence-electron chi connectivity index (χ4n) is 3.50. The van der Waals surface area contributed by atoms with Gasteiger partial charge < -0.3 is 15.7 Å². The molecule has 3 rings (SSSR count). The summed E-state index contributed by atoms with van der Waals surface area (Å²) in [6, 6.07) is 6.41. The molecule has 3 N–H and O–H groups in total. The molecule has 0 spiro atoms. The highest BCUT2D eigenvalue weighted by atomic mass is 16.4. The van der Waals surface area contributed by atoms with Gasteiger partial charge >= 0.3 is 5.97 Å². The van der Waals surface area contributed by atoms with E-state index in [1.54, 1.807) is 24.3 Å². The van der Waals surface area contributed by atoms with Crippen LogP contribution in [-0.2, 0) is 9.59 Å². The molecule has 0 heterocycles. The topological polar surface area (TPSA) is 95.5 Å². The number of nitrogens with one attached hydrogen (secondary N) is 2. The van der Waals surface area contributed by atoms with Gasteiger partial charge in [0, 0.05) is 23.2 Å². The Labute approximate surface area is 153 Å². The van der Waals surface area contributed by atoms with Crippen LogP contribution in [-0.4, -0.2) is 28.9 Å². The van der Waals surface area contributed by atoms with E-state index < -0.39 is 11.9 Å². The van der Waals surface area contributed by atoms with E-state index in [1.807, 2.05) is 0 Å². The Hall–Kier alpha value is -2.37. The quantitative estimate of drug-likeness (QED) is 0.753. The molecule has 2 unspecified atom stereocenters. The Morgan fingerprint density at radius 2 is 1.54 bits per heavy atom. The standard InChI is InChI=1S/C20H26N2O4/c23-18(13-7-8-13)21-15-11-9-14(10-12-15)19(24)22-17-6-4-2-1-3-5-16(17)20(25)26/h9-13,16-17H,1-8H2,(H,21,23)(H,22,24)(H,25,26). The van der Waals surface area contributed by atoms with Gasteiger partial charge in [0.1, 0.15) is 0 Å². The van der Waals surface area contributed by atoms with Crippen molar-refractivity contribution >= 4 is 23.5 Å². The molecule has 0 bridgehead atoms. The number of amides is 2. The molecule has 6 nitrogen and oxygen atoms in total. The number of carboxylic acids is 1. The van der Waals surface area contributed by atoms with Crippen molar-refractivity contribution in [2.45, 2.75) is 57.4 Å². The maximum absolute atomic E-state index is 12.5. The van der Waals surface area contributed by atoms with E-state index >= 15 is 0 Å². The van der Waals surface area contributed by atoms with Gasteiger partial charge in [-0.1, -0.05) is 25.7 Å². The van der Waals surface area contributed by atoms with Gasteiger partial charge in [-0.25, -0.2) is 0 Å². The monoisotopic (exact) mass is 358 g/mol. The zero-order valence-electron chi connectivity index (χ0n) is 14.9. The summed E-state index contributed by atoms with van der Waals surface area (Å²) in [5.74, 6) is -1.47. The van der Waals surface area contributed by atoms with Gasteiger partial charge in [0.2, 0.25) is 5.91 Å². The first-order valence-corrected chi connectivity index (χ1v) is 9.49. The number of benzene rings is 1. The Kier molecular flexibility index (Phi) is 5.91. The van der Waals surface area contributed by atoms with Gasteiger partial charge in [-0.05, 0) is 49.9 Å². The molecule has 2 aliphatic rings. The predicted octanol–water partition coefficient (Wildman–Crippen LogP) is 3.19. The fourth-order valence-corrected chi connectivity index (χ4v) is 3.50. The second kappa shape index (κ2) is 8.34. The summed E-state index contributed by atoms with van der Waals surface area (Å²) in [5.41, 5.74) is 1.15. The summed E-state index contributed by atoms with van der Waals surface area (Å²) in [5, 5.41) is 15.2. The normalized spacial score (nSPS) is 23.4. The minimum absolute atomic E-state index is 0.0287. The van der Waals surface area contributed by atoms with Crippen LogP contribution in [0.15, 0.2) is 24.3 Å². The predicted molar refractivity (Wildman–Crippen MR) is 97.9 cm³/mol. The van der Waals surface area contributed by atoms with Crippen molar-refractivity contribution < 1.29 is 19.5 Å². The number of aliphatic carboxylic acids is 1. The molecular formula is C20H26N2O4. The first kappa shape index (κ1) is 18.4. The van der Waals surface area contributed by atoms with E-state index in [1.165, 1.54) is 0 Å². The number of carbonyl (C=O) groups is 3. The maximum Gasteiger partial charge on any atom is 0.308 e. The van der Waals surface area contributed by atoms with Crippen LogP contribution in [0.1, 0.15) is 61.7 Å². The van der Waals surface area contributed by atoms with E-state index in [4.69, 9.17) is 0 Å². The fraction of sp³-hybridized carbons (Fsp3) is 0.550. The van der Waals surface area contributed by atoms with Gasteiger partial charge in [0.25, 0.3) is 5.91 Å². The summed E-state index contributed by atoms with van der Waals surface area (Å²) in [6.07, 6.45) is 7.13. The van der Waals surface area contributed by atoms with Gasteiger partial charge in [-0.15, -0.1) is 0 Å². The molecule has 0 aliphatic heterocycles. The minimum Gasteiger partial charge on any atom is -0.481 e. The van der Waals surface area contributed by atoms with Crippen LogP contribution in [0.25, 0.3) is 0 Å². The molecule has 0 aromatic heterocycles. The lowest BCUT2D eigenvalue weighted by molar-refractivity contribution is -0.143. The lowest BCUT2D eigenvalue weighted by Gasteiger charge is -2.27. The molecule has 140 valence electrons. The SMILES string of the molecule is O=C(NC1CCCCCCC1C(=O)O)c1ccc(NC(=O)C2CC2)cc1. The van der Waals surface area contributed by atoms with Crippen molar-refractivity contribution in [1.82, 2.24) is 5.32 Å². The molecule has 1 aromatic carbocycles. The Morgan fingerprint density at radius 3 is 2.15 bits per heavy atom. The Balaban J connectivity index is 1.61. The summed E-state index contributed by atoms with van der Waals surface area (Å²) in [7, 11) is 0. The number of carboxylic acid groups (broad SMARTS) is 1. The lowest BCUT2D eigenvalue weighted by atomic mass is 9.86. The molecule has 2 saturated carbocycles. The molecule has 2 amide bonds. The molecular weight excluding hydrogens is 332 g/mol. The van der Waals surface area contributed by atoms with Crippen LogP contribution in [0.2, 0.25) is 0 Å². The third kappa shape index (κ3) is 4.84. The Bertz CT molecular complexity index is 667. The summed E-state index contributed by atoms with van der Waals surface area (Å²) >= 11 is 0. The van der Waals surface area contributed by atoms with Gasteiger partial charge in [0.15, 0.2) is 0 Å². The zero-order valence-corrected chi connectivity index (χ0v) is 14.9. The molecule has 2 atom stereocenters. The van der Waals surface area contributed by atoms with Crippen LogP contribution in [0.5, 0.6) is 0 Å². The van der Waals surface area contributed by atoms with Crippen LogP contribution < -0.4 is 10.6 Å². The van der Waals surface area contributed by atoms with Crippen molar-refractivity contribution in [1.29, 1.82) is 0 Å². The first-order chi connectivity index (χ1) is 12.5. The molecule has 26 heavy (non-hydrogen) atoms. The molecule has 0 radical (unpaired) electrons.